The van der Waals surface area contributed by atoms with Gasteiger partial charge in [0.2, 0.25) is 0 Å². The number of aliphatic imine (C=N–C) groups is 1. The zero-order chi connectivity index (χ0) is 18.8. The lowest BCUT2D eigenvalue weighted by molar-refractivity contribution is 0.00391. The summed E-state index contributed by atoms with van der Waals surface area (Å²) in [5.41, 5.74) is 0. The van der Waals surface area contributed by atoms with Gasteiger partial charge in [0.1, 0.15) is 0 Å². The highest BCUT2D eigenvalue weighted by atomic mass is 16.5. The van der Waals surface area contributed by atoms with Crippen LogP contribution in [0.25, 0.3) is 0 Å². The van der Waals surface area contributed by atoms with Gasteiger partial charge in [0.05, 0.1) is 26.4 Å². The highest BCUT2D eigenvalue weighted by molar-refractivity contribution is 5.80. The average molecular weight is 369 g/mol. The van der Waals surface area contributed by atoms with E-state index >= 15 is 0 Å². The van der Waals surface area contributed by atoms with Crippen molar-refractivity contribution in [2.75, 3.05) is 66.2 Å². The summed E-state index contributed by atoms with van der Waals surface area (Å²) in [6.45, 7) is 15.3. The lowest BCUT2D eigenvalue weighted by atomic mass is 9.92. The first-order valence-corrected chi connectivity index (χ1v) is 10.6. The molecule has 0 radical (unpaired) electrons. The Balaban J connectivity index is 2.05. The first kappa shape index (κ1) is 21.5. The van der Waals surface area contributed by atoms with Crippen LogP contribution in [0.1, 0.15) is 40.0 Å². The number of morpholine rings is 1. The number of hydrogen-bond acceptors (Lipinski definition) is 4. The fourth-order valence-electron chi connectivity index (χ4n) is 4.31. The summed E-state index contributed by atoms with van der Waals surface area (Å²) in [5, 5.41) is 3.51. The Kier molecular flexibility index (Phi) is 9.72. The van der Waals surface area contributed by atoms with Gasteiger partial charge in [-0.1, -0.05) is 26.7 Å². The fourth-order valence-corrected chi connectivity index (χ4v) is 4.31. The minimum absolute atomic E-state index is 0.514. The third kappa shape index (κ3) is 6.10. The Morgan fingerprint density at radius 1 is 1.19 bits per heavy atom. The third-order valence-electron chi connectivity index (χ3n) is 5.86. The van der Waals surface area contributed by atoms with Crippen LogP contribution < -0.4 is 5.32 Å². The summed E-state index contributed by atoms with van der Waals surface area (Å²) in [5.74, 6) is 2.40. The van der Waals surface area contributed by atoms with Crippen molar-refractivity contribution in [2.45, 2.75) is 46.1 Å². The van der Waals surface area contributed by atoms with E-state index in [0.717, 1.165) is 65.0 Å². The lowest BCUT2D eigenvalue weighted by Gasteiger charge is -2.38. The molecule has 1 N–H and O–H groups in total. The van der Waals surface area contributed by atoms with E-state index in [4.69, 9.17) is 14.5 Å². The number of ether oxygens (including phenoxy) is 2. The maximum atomic E-state index is 5.57. The normalized spacial score (nSPS) is 23.7. The van der Waals surface area contributed by atoms with E-state index in [1.807, 2.05) is 0 Å². The molecule has 0 spiro atoms. The molecule has 2 unspecified atom stereocenters. The lowest BCUT2D eigenvalue weighted by Crippen LogP contribution is -2.49. The van der Waals surface area contributed by atoms with Crippen molar-refractivity contribution in [3.8, 4) is 0 Å². The second-order valence-electron chi connectivity index (χ2n) is 7.54. The highest BCUT2D eigenvalue weighted by Gasteiger charge is 2.28. The van der Waals surface area contributed by atoms with Gasteiger partial charge < -0.3 is 19.7 Å². The van der Waals surface area contributed by atoms with Crippen molar-refractivity contribution < 1.29 is 9.47 Å². The minimum atomic E-state index is 0.514. The molecule has 2 saturated heterocycles. The number of rotatable bonds is 9. The molecule has 0 saturated carbocycles. The molecular formula is C20H40N4O2. The number of nitrogens with zero attached hydrogens (tertiary/aromatic N) is 3. The monoisotopic (exact) mass is 368 g/mol. The van der Waals surface area contributed by atoms with E-state index in [1.54, 1.807) is 7.11 Å². The number of guanidine groups is 1. The number of nitrogens with one attached hydrogen (secondary N) is 1. The summed E-state index contributed by atoms with van der Waals surface area (Å²) in [4.78, 5) is 10.1. The maximum absolute atomic E-state index is 5.57. The molecule has 152 valence electrons. The molecule has 0 aromatic carbocycles. The second kappa shape index (κ2) is 11.8. The van der Waals surface area contributed by atoms with Crippen LogP contribution in [0.4, 0.5) is 0 Å². The quantitative estimate of drug-likeness (QED) is 0.499. The predicted octanol–water partition coefficient (Wildman–Crippen LogP) is 2.06. The largest absolute Gasteiger partial charge is 0.384 e. The Bertz CT molecular complexity index is 409. The van der Waals surface area contributed by atoms with Crippen LogP contribution in [0.2, 0.25) is 0 Å². The van der Waals surface area contributed by atoms with Crippen LogP contribution in [-0.2, 0) is 9.47 Å². The topological polar surface area (TPSA) is 49.3 Å². The van der Waals surface area contributed by atoms with Gasteiger partial charge in [0.25, 0.3) is 0 Å². The SMILES string of the molecule is CCNC(=NCC(C(CC)CC)N1CCOCC1)N1CCC(COC)C1. The van der Waals surface area contributed by atoms with E-state index < -0.39 is 0 Å². The predicted molar refractivity (Wildman–Crippen MR) is 108 cm³/mol. The third-order valence-corrected chi connectivity index (χ3v) is 5.86. The zero-order valence-electron chi connectivity index (χ0n) is 17.4. The van der Waals surface area contributed by atoms with Crippen LogP contribution in [-0.4, -0.2) is 88.0 Å². The fraction of sp³-hybridized carbons (Fsp3) is 0.950. The van der Waals surface area contributed by atoms with Gasteiger partial charge in [0.15, 0.2) is 5.96 Å². The Morgan fingerprint density at radius 2 is 1.92 bits per heavy atom. The number of hydrogen-bond donors (Lipinski definition) is 1. The molecule has 2 fully saturated rings. The molecule has 2 heterocycles. The van der Waals surface area contributed by atoms with Crippen LogP contribution >= 0.6 is 0 Å². The molecule has 2 aliphatic heterocycles. The molecule has 0 amide bonds. The van der Waals surface area contributed by atoms with E-state index in [-0.39, 0.29) is 0 Å². The van der Waals surface area contributed by atoms with E-state index in [9.17, 15) is 0 Å². The van der Waals surface area contributed by atoms with Crippen molar-refractivity contribution in [2.24, 2.45) is 16.8 Å². The summed E-state index contributed by atoms with van der Waals surface area (Å²) >= 11 is 0. The first-order valence-electron chi connectivity index (χ1n) is 10.6. The molecule has 2 atom stereocenters. The van der Waals surface area contributed by atoms with Gasteiger partial charge in [-0.25, -0.2) is 0 Å². The Hall–Kier alpha value is -0.850. The number of likely N-dealkylation sites (tertiary alicyclic amines) is 1. The van der Waals surface area contributed by atoms with Crippen molar-refractivity contribution in [1.29, 1.82) is 0 Å². The molecule has 6 nitrogen and oxygen atoms in total. The molecule has 0 bridgehead atoms. The van der Waals surface area contributed by atoms with Gasteiger partial charge >= 0.3 is 0 Å². The van der Waals surface area contributed by atoms with Crippen LogP contribution in [0.5, 0.6) is 0 Å². The molecule has 6 heteroatoms. The molecule has 0 aromatic rings. The average Bonchev–Trinajstić information content (AvgIpc) is 3.13. The smallest absolute Gasteiger partial charge is 0.193 e. The molecule has 26 heavy (non-hydrogen) atoms. The second-order valence-corrected chi connectivity index (χ2v) is 7.54. The van der Waals surface area contributed by atoms with E-state index in [0.29, 0.717) is 17.9 Å². The maximum Gasteiger partial charge on any atom is 0.193 e. The van der Waals surface area contributed by atoms with Crippen LogP contribution in [0.15, 0.2) is 4.99 Å². The summed E-state index contributed by atoms with van der Waals surface area (Å²) in [6, 6.07) is 0.514. The number of methoxy groups -OCH3 is 1. The van der Waals surface area contributed by atoms with E-state index in [2.05, 4.69) is 35.9 Å². The van der Waals surface area contributed by atoms with Gasteiger partial charge in [0, 0.05) is 51.8 Å². The van der Waals surface area contributed by atoms with Crippen LogP contribution in [0.3, 0.4) is 0 Å². The van der Waals surface area contributed by atoms with Gasteiger partial charge in [-0.2, -0.15) is 0 Å². The van der Waals surface area contributed by atoms with Crippen molar-refractivity contribution in [3.63, 3.8) is 0 Å². The van der Waals surface area contributed by atoms with Crippen molar-refractivity contribution in [1.82, 2.24) is 15.1 Å². The summed E-state index contributed by atoms with van der Waals surface area (Å²) < 4.78 is 10.9. The summed E-state index contributed by atoms with van der Waals surface area (Å²) in [7, 11) is 1.80. The first-order chi connectivity index (χ1) is 12.7. The van der Waals surface area contributed by atoms with Gasteiger partial charge in [-0.3, -0.25) is 9.89 Å². The molecule has 2 aliphatic rings. The standard InChI is InChI=1S/C20H40N4O2/c1-5-18(6-2)19(23-10-12-26-13-11-23)14-22-20(21-7-3)24-9-8-17(15-24)16-25-4/h17-19H,5-16H2,1-4H3,(H,21,22). The van der Waals surface area contributed by atoms with Gasteiger partial charge in [-0.15, -0.1) is 0 Å². The van der Waals surface area contributed by atoms with Gasteiger partial charge in [-0.05, 0) is 19.3 Å². The van der Waals surface area contributed by atoms with E-state index in [1.165, 1.54) is 19.3 Å². The summed E-state index contributed by atoms with van der Waals surface area (Å²) in [6.07, 6.45) is 3.62. The molecular weight excluding hydrogens is 328 g/mol. The zero-order valence-corrected chi connectivity index (χ0v) is 17.4. The highest BCUT2D eigenvalue weighted by Crippen LogP contribution is 2.21. The molecule has 2 rings (SSSR count). The molecule has 0 aromatic heterocycles. The van der Waals surface area contributed by atoms with Crippen molar-refractivity contribution >= 4 is 5.96 Å². The Morgan fingerprint density at radius 3 is 2.54 bits per heavy atom. The van der Waals surface area contributed by atoms with Crippen LogP contribution in [0, 0.1) is 11.8 Å². The Labute approximate surface area is 160 Å². The molecule has 0 aliphatic carbocycles. The van der Waals surface area contributed by atoms with Crippen molar-refractivity contribution in [3.05, 3.63) is 0 Å². The minimum Gasteiger partial charge on any atom is -0.384 e.